The Hall–Kier alpha value is -1.44. The molecule has 1 atom stereocenters. The van der Waals surface area contributed by atoms with Crippen LogP contribution in [0.2, 0.25) is 0 Å². The molecule has 1 amide bonds. The molecule has 1 aromatic rings. The average Bonchev–Trinajstić information content (AvgIpc) is 2.65. The molecule has 1 saturated heterocycles. The largest absolute Gasteiger partial charge is 0.393 e. The summed E-state index contributed by atoms with van der Waals surface area (Å²) in [6.45, 7) is 4.37. The number of hydrogen-bond acceptors (Lipinski definition) is 4. The van der Waals surface area contributed by atoms with Gasteiger partial charge in [0.05, 0.1) is 16.9 Å². The Morgan fingerprint density at radius 3 is 2.56 bits per heavy atom. The van der Waals surface area contributed by atoms with Crippen LogP contribution in [0.15, 0.2) is 23.1 Å². The lowest BCUT2D eigenvalue weighted by atomic mass is 9.92. The van der Waals surface area contributed by atoms with E-state index in [0.717, 1.165) is 24.0 Å². The van der Waals surface area contributed by atoms with Gasteiger partial charge in [0.2, 0.25) is 15.9 Å². The summed E-state index contributed by atoms with van der Waals surface area (Å²) in [5.41, 5.74) is 1.64. The highest BCUT2D eigenvalue weighted by molar-refractivity contribution is 7.89. The van der Waals surface area contributed by atoms with E-state index in [1.165, 1.54) is 4.31 Å². The van der Waals surface area contributed by atoms with Crippen LogP contribution in [-0.2, 0) is 14.8 Å². The van der Waals surface area contributed by atoms with E-state index < -0.39 is 10.0 Å². The van der Waals surface area contributed by atoms with E-state index in [1.807, 2.05) is 19.1 Å². The van der Waals surface area contributed by atoms with Gasteiger partial charge in [0.1, 0.15) is 0 Å². The summed E-state index contributed by atoms with van der Waals surface area (Å²) in [6, 6.07) is 5.53. The van der Waals surface area contributed by atoms with E-state index in [4.69, 9.17) is 0 Å². The first-order chi connectivity index (χ1) is 12.8. The fourth-order valence-corrected chi connectivity index (χ4v) is 5.87. The Kier molecular flexibility index (Phi) is 6.23. The fraction of sp³-hybridized carbons (Fsp3) is 0.650. The molecule has 1 aliphatic carbocycles. The summed E-state index contributed by atoms with van der Waals surface area (Å²) in [7, 11) is -3.60. The number of aliphatic hydroxyl groups excluding tert-OH is 1. The molecule has 3 rings (SSSR count). The average molecular weight is 395 g/mol. The number of nitrogens with one attached hydrogen (secondary N) is 1. The number of carbonyl (C=O) groups excluding carboxylic acids is 1. The second kappa shape index (κ2) is 8.29. The summed E-state index contributed by atoms with van der Waals surface area (Å²) in [6.07, 6.45) is 4.12. The Balaban J connectivity index is 1.68. The minimum absolute atomic E-state index is 0.0581. The van der Waals surface area contributed by atoms with E-state index in [-0.39, 0.29) is 30.5 Å². The third kappa shape index (κ3) is 4.70. The van der Waals surface area contributed by atoms with E-state index in [1.54, 1.807) is 13.0 Å². The lowest BCUT2D eigenvalue weighted by Gasteiger charge is -2.33. The van der Waals surface area contributed by atoms with Crippen LogP contribution >= 0.6 is 0 Å². The molecule has 1 saturated carbocycles. The molecule has 150 valence electrons. The second-order valence-corrected chi connectivity index (χ2v) is 9.89. The summed E-state index contributed by atoms with van der Waals surface area (Å²) in [4.78, 5) is 13.0. The maximum Gasteiger partial charge on any atom is 0.243 e. The minimum Gasteiger partial charge on any atom is -0.393 e. The standard InChI is InChI=1S/C20H30N2O4S/c1-14-5-6-15(2)19(12-14)27(25,26)22-11-3-4-16(13-22)20(24)21-17-7-9-18(23)10-8-17/h5-6,12,16-18,23H,3-4,7-11,13H2,1-2H3,(H,21,24). The van der Waals surface area contributed by atoms with Crippen LogP contribution in [0.1, 0.15) is 49.7 Å². The van der Waals surface area contributed by atoms with Gasteiger partial charge in [-0.25, -0.2) is 8.42 Å². The first-order valence-electron chi connectivity index (χ1n) is 9.83. The van der Waals surface area contributed by atoms with Crippen LogP contribution in [0.25, 0.3) is 0 Å². The third-order valence-corrected chi connectivity index (χ3v) is 7.77. The number of carbonyl (C=O) groups is 1. The number of benzene rings is 1. The lowest BCUT2D eigenvalue weighted by Crippen LogP contribution is -2.48. The summed E-state index contributed by atoms with van der Waals surface area (Å²) >= 11 is 0. The number of piperidine rings is 1. The van der Waals surface area contributed by atoms with Crippen molar-refractivity contribution in [2.24, 2.45) is 5.92 Å². The minimum atomic E-state index is -3.60. The van der Waals surface area contributed by atoms with Crippen LogP contribution in [-0.4, -0.2) is 49.0 Å². The smallest absolute Gasteiger partial charge is 0.243 e. The molecule has 2 fully saturated rings. The molecule has 7 heteroatoms. The molecule has 0 aromatic heterocycles. The molecule has 1 unspecified atom stereocenters. The first kappa shape index (κ1) is 20.3. The molecule has 0 radical (unpaired) electrons. The predicted molar refractivity (Wildman–Crippen MR) is 104 cm³/mol. The number of hydrogen-bond donors (Lipinski definition) is 2. The molecule has 1 heterocycles. The number of aliphatic hydroxyl groups is 1. The van der Waals surface area contributed by atoms with Gasteiger partial charge in [-0.15, -0.1) is 0 Å². The zero-order valence-corrected chi connectivity index (χ0v) is 17.0. The van der Waals surface area contributed by atoms with Gasteiger partial charge < -0.3 is 10.4 Å². The Morgan fingerprint density at radius 2 is 1.85 bits per heavy atom. The van der Waals surface area contributed by atoms with Crippen molar-refractivity contribution in [2.75, 3.05) is 13.1 Å². The molecule has 0 bridgehead atoms. The highest BCUT2D eigenvalue weighted by Gasteiger charge is 2.35. The maximum absolute atomic E-state index is 13.1. The van der Waals surface area contributed by atoms with Crippen molar-refractivity contribution < 1.29 is 18.3 Å². The monoisotopic (exact) mass is 394 g/mol. The Morgan fingerprint density at radius 1 is 1.15 bits per heavy atom. The van der Waals surface area contributed by atoms with Gasteiger partial charge in [-0.2, -0.15) is 4.31 Å². The van der Waals surface area contributed by atoms with Gasteiger partial charge in [0, 0.05) is 19.1 Å². The molecular formula is C20H30N2O4S. The van der Waals surface area contributed by atoms with Crippen LogP contribution in [0.3, 0.4) is 0 Å². The van der Waals surface area contributed by atoms with Gasteiger partial charge in [-0.05, 0) is 69.6 Å². The second-order valence-electron chi connectivity index (χ2n) is 7.99. The molecule has 2 N–H and O–H groups in total. The first-order valence-corrected chi connectivity index (χ1v) is 11.3. The number of nitrogens with zero attached hydrogens (tertiary/aromatic N) is 1. The topological polar surface area (TPSA) is 86.7 Å². The van der Waals surface area contributed by atoms with Crippen molar-refractivity contribution >= 4 is 15.9 Å². The summed E-state index contributed by atoms with van der Waals surface area (Å²) in [5, 5.41) is 12.7. The zero-order valence-electron chi connectivity index (χ0n) is 16.1. The maximum atomic E-state index is 13.1. The number of rotatable bonds is 4. The van der Waals surface area contributed by atoms with E-state index in [0.29, 0.717) is 37.1 Å². The van der Waals surface area contributed by atoms with Gasteiger partial charge in [-0.1, -0.05) is 12.1 Å². The van der Waals surface area contributed by atoms with Crippen LogP contribution < -0.4 is 5.32 Å². The highest BCUT2D eigenvalue weighted by atomic mass is 32.2. The van der Waals surface area contributed by atoms with Crippen LogP contribution in [0, 0.1) is 19.8 Å². The Bertz CT molecular complexity index is 785. The molecular weight excluding hydrogens is 364 g/mol. The van der Waals surface area contributed by atoms with Crippen molar-refractivity contribution in [3.05, 3.63) is 29.3 Å². The number of sulfonamides is 1. The zero-order chi connectivity index (χ0) is 19.6. The van der Waals surface area contributed by atoms with Gasteiger partial charge in [0.25, 0.3) is 0 Å². The molecule has 6 nitrogen and oxygen atoms in total. The number of amides is 1. The van der Waals surface area contributed by atoms with Crippen molar-refractivity contribution in [1.29, 1.82) is 0 Å². The van der Waals surface area contributed by atoms with Crippen molar-refractivity contribution in [3.8, 4) is 0 Å². The van der Waals surface area contributed by atoms with E-state index >= 15 is 0 Å². The van der Waals surface area contributed by atoms with Gasteiger partial charge >= 0.3 is 0 Å². The highest BCUT2D eigenvalue weighted by Crippen LogP contribution is 2.27. The van der Waals surface area contributed by atoms with Crippen molar-refractivity contribution in [2.45, 2.75) is 69.4 Å². The summed E-state index contributed by atoms with van der Waals surface area (Å²) in [5.74, 6) is -0.372. The van der Waals surface area contributed by atoms with Crippen molar-refractivity contribution in [3.63, 3.8) is 0 Å². The fourth-order valence-electron chi connectivity index (χ4n) is 4.04. The third-order valence-electron chi connectivity index (χ3n) is 5.76. The van der Waals surface area contributed by atoms with E-state index in [9.17, 15) is 18.3 Å². The predicted octanol–water partition coefficient (Wildman–Crippen LogP) is 2.12. The normalized spacial score (nSPS) is 27.3. The molecule has 1 aromatic carbocycles. The SMILES string of the molecule is Cc1ccc(C)c(S(=O)(=O)N2CCCC(C(=O)NC3CCC(O)CC3)C2)c1. The van der Waals surface area contributed by atoms with Crippen LogP contribution in [0.5, 0.6) is 0 Å². The number of aryl methyl sites for hydroxylation is 2. The van der Waals surface area contributed by atoms with Crippen molar-refractivity contribution in [1.82, 2.24) is 9.62 Å². The Labute approximate surface area is 162 Å². The molecule has 2 aliphatic rings. The van der Waals surface area contributed by atoms with Gasteiger partial charge in [-0.3, -0.25) is 4.79 Å². The molecule has 27 heavy (non-hydrogen) atoms. The van der Waals surface area contributed by atoms with Gasteiger partial charge in [0.15, 0.2) is 0 Å². The molecule has 0 spiro atoms. The summed E-state index contributed by atoms with van der Waals surface area (Å²) < 4.78 is 27.7. The quantitative estimate of drug-likeness (QED) is 0.819. The molecule has 1 aliphatic heterocycles. The van der Waals surface area contributed by atoms with E-state index in [2.05, 4.69) is 5.32 Å². The lowest BCUT2D eigenvalue weighted by molar-refractivity contribution is -0.127. The van der Waals surface area contributed by atoms with Crippen LogP contribution in [0.4, 0.5) is 0 Å².